The quantitative estimate of drug-likeness (QED) is 0.486. The molecule has 0 aromatic carbocycles. The molecule has 0 spiro atoms. The standard InChI is InChI=1S/C5H6N3O2.Rb/c1-8-4(6)3(2-7-8)5(9)10;/h6H2,1H3,(H,9,10);/q-1;+1. The number of carboxylic acid groups (broad SMARTS) is 1. The maximum absolute atomic E-state index is 10.3. The van der Waals surface area contributed by atoms with Crippen molar-refractivity contribution < 1.29 is 68.1 Å². The van der Waals surface area contributed by atoms with Crippen molar-refractivity contribution in [1.82, 2.24) is 9.78 Å². The van der Waals surface area contributed by atoms with Gasteiger partial charge in [0.1, 0.15) is 0 Å². The molecule has 11 heavy (non-hydrogen) atoms. The van der Waals surface area contributed by atoms with E-state index in [9.17, 15) is 4.79 Å². The van der Waals surface area contributed by atoms with E-state index < -0.39 is 5.97 Å². The molecular formula is C5H6N3O2Rb. The number of nitrogens with zero attached hydrogens (tertiary/aromatic N) is 2. The first-order valence-electron chi connectivity index (χ1n) is 2.56. The monoisotopic (exact) mass is 225 g/mol. The fourth-order valence-corrected chi connectivity index (χ4v) is 0.555. The normalized spacial score (nSPS) is 8.82. The molecule has 5 nitrogen and oxygen atoms in total. The van der Waals surface area contributed by atoms with Gasteiger partial charge in [-0.15, -0.1) is 0 Å². The largest absolute Gasteiger partial charge is 1.00 e. The van der Waals surface area contributed by atoms with E-state index in [0.29, 0.717) is 0 Å². The van der Waals surface area contributed by atoms with Gasteiger partial charge in [-0.25, -0.2) is 0 Å². The predicted molar refractivity (Wildman–Crippen MR) is 33.4 cm³/mol. The number of aromatic carboxylic acids is 1. The van der Waals surface area contributed by atoms with Crippen molar-refractivity contribution in [1.29, 1.82) is 0 Å². The van der Waals surface area contributed by atoms with Crippen LogP contribution in [0.15, 0.2) is 0 Å². The molecule has 0 bridgehead atoms. The van der Waals surface area contributed by atoms with Crippen LogP contribution in [-0.4, -0.2) is 20.9 Å². The summed E-state index contributed by atoms with van der Waals surface area (Å²) in [6.45, 7) is 0. The van der Waals surface area contributed by atoms with Gasteiger partial charge in [-0.2, -0.15) is 0 Å². The van der Waals surface area contributed by atoms with E-state index in [1.54, 1.807) is 7.05 Å². The summed E-state index contributed by atoms with van der Waals surface area (Å²) >= 11 is 0. The van der Waals surface area contributed by atoms with Crippen LogP contribution in [0.2, 0.25) is 0 Å². The first-order chi connectivity index (χ1) is 4.63. The number of anilines is 1. The Balaban J connectivity index is 0.000001000. The molecule has 0 aliphatic carbocycles. The maximum atomic E-state index is 10.3. The fraction of sp³-hybridized carbons (Fsp3) is 0.200. The van der Waals surface area contributed by atoms with E-state index >= 15 is 0 Å². The van der Waals surface area contributed by atoms with E-state index in [1.807, 2.05) is 0 Å². The van der Waals surface area contributed by atoms with E-state index in [0.717, 1.165) is 0 Å². The number of carboxylic acids is 1. The third-order valence-corrected chi connectivity index (χ3v) is 1.13. The molecule has 1 heterocycles. The molecule has 1 aromatic heterocycles. The second kappa shape index (κ2) is 4.35. The molecule has 0 saturated carbocycles. The van der Waals surface area contributed by atoms with Crippen molar-refractivity contribution in [3.63, 3.8) is 0 Å². The van der Waals surface area contributed by atoms with Crippen LogP contribution < -0.4 is 63.9 Å². The molecule has 0 aliphatic rings. The van der Waals surface area contributed by atoms with Gasteiger partial charge in [-0.3, -0.25) is 5.10 Å². The third kappa shape index (κ3) is 2.36. The summed E-state index contributed by atoms with van der Waals surface area (Å²) < 4.78 is 1.25. The van der Waals surface area contributed by atoms with Crippen molar-refractivity contribution >= 4 is 11.8 Å². The summed E-state index contributed by atoms with van der Waals surface area (Å²) in [7, 11) is 1.55. The van der Waals surface area contributed by atoms with Gasteiger partial charge >= 0.3 is 58.2 Å². The molecule has 0 fully saturated rings. The Morgan fingerprint density at radius 2 is 2.36 bits per heavy atom. The number of hydrogen-bond acceptors (Lipinski definition) is 3. The molecule has 0 atom stereocenters. The Morgan fingerprint density at radius 1 is 1.82 bits per heavy atom. The molecule has 0 saturated heterocycles. The Hall–Kier alpha value is 0.285. The number of aromatic nitrogens is 2. The van der Waals surface area contributed by atoms with Gasteiger partial charge in [0.15, 0.2) is 0 Å². The maximum Gasteiger partial charge on any atom is 1.00 e. The van der Waals surface area contributed by atoms with Crippen molar-refractivity contribution in [2.45, 2.75) is 0 Å². The smallest absolute Gasteiger partial charge is 0.535 e. The summed E-state index contributed by atoms with van der Waals surface area (Å²) in [4.78, 5) is 10.3. The van der Waals surface area contributed by atoms with Gasteiger partial charge in [0.05, 0.1) is 0 Å². The average molecular weight is 226 g/mol. The topological polar surface area (TPSA) is 81.1 Å². The Bertz CT molecular complexity index is 271. The predicted octanol–water partition coefficient (Wildman–Crippen LogP) is -3.50. The number of aryl methyl sites for hydroxylation is 1. The van der Waals surface area contributed by atoms with E-state index in [4.69, 9.17) is 10.8 Å². The molecule has 6 heteroatoms. The van der Waals surface area contributed by atoms with Crippen molar-refractivity contribution in [3.05, 3.63) is 11.8 Å². The molecule has 1 rings (SSSR count). The summed E-state index contributed by atoms with van der Waals surface area (Å²) in [5.74, 6) is -0.988. The first kappa shape index (κ1) is 11.3. The second-order valence-corrected chi connectivity index (χ2v) is 1.80. The van der Waals surface area contributed by atoms with Gasteiger partial charge in [-0.05, 0) is 11.8 Å². The third-order valence-electron chi connectivity index (χ3n) is 1.13. The number of nitrogens with two attached hydrogens (primary N) is 1. The summed E-state index contributed by atoms with van der Waals surface area (Å²) in [6, 6.07) is 0. The van der Waals surface area contributed by atoms with Crippen LogP contribution in [0.25, 0.3) is 0 Å². The van der Waals surface area contributed by atoms with Gasteiger partial charge in [0, 0.05) is 12.9 Å². The van der Waals surface area contributed by atoms with Gasteiger partial charge in [0.25, 0.3) is 0 Å². The molecule has 1 aromatic rings. The number of nitrogen functional groups attached to an aromatic ring is 1. The van der Waals surface area contributed by atoms with Crippen molar-refractivity contribution in [3.8, 4) is 0 Å². The molecular weight excluding hydrogens is 220 g/mol. The molecule has 0 aliphatic heterocycles. The number of carbonyl (C=O) groups is 1. The summed E-state index contributed by atoms with van der Waals surface area (Å²) in [5, 5.41) is 11.9. The van der Waals surface area contributed by atoms with Gasteiger partial charge in [-0.1, -0.05) is 0 Å². The Morgan fingerprint density at radius 3 is 2.55 bits per heavy atom. The van der Waals surface area contributed by atoms with Crippen LogP contribution in [0.4, 0.5) is 5.82 Å². The van der Waals surface area contributed by atoms with Crippen LogP contribution in [0, 0.1) is 6.20 Å². The average Bonchev–Trinajstić information content (AvgIpc) is 2.14. The number of hydrogen-bond donors (Lipinski definition) is 2. The summed E-state index contributed by atoms with van der Waals surface area (Å²) in [5.41, 5.74) is 5.21. The SMILES string of the molecule is Cn1n[c-]c(C(=O)O)c1N.[Rb+]. The second-order valence-electron chi connectivity index (χ2n) is 1.80. The minimum Gasteiger partial charge on any atom is -0.535 e. The van der Waals surface area contributed by atoms with Gasteiger partial charge in [0.2, 0.25) is 5.97 Å². The zero-order valence-corrected chi connectivity index (χ0v) is 11.2. The molecule has 0 unspecified atom stereocenters. The first-order valence-corrected chi connectivity index (χ1v) is 2.56. The van der Waals surface area contributed by atoms with E-state index in [-0.39, 0.29) is 69.6 Å². The minimum absolute atomic E-state index is 0. The number of rotatable bonds is 1. The Labute approximate surface area is 112 Å². The minimum atomic E-state index is -1.11. The summed E-state index contributed by atoms with van der Waals surface area (Å²) in [6.07, 6.45) is 2.26. The molecule has 3 N–H and O–H groups in total. The zero-order chi connectivity index (χ0) is 7.72. The van der Waals surface area contributed by atoms with E-state index in [2.05, 4.69) is 11.3 Å². The van der Waals surface area contributed by atoms with Crippen LogP contribution in [0.5, 0.6) is 0 Å². The van der Waals surface area contributed by atoms with Crippen LogP contribution >= 0.6 is 0 Å². The molecule has 54 valence electrons. The van der Waals surface area contributed by atoms with Crippen LogP contribution in [0.3, 0.4) is 0 Å². The van der Waals surface area contributed by atoms with Crippen LogP contribution in [-0.2, 0) is 7.05 Å². The van der Waals surface area contributed by atoms with Crippen molar-refractivity contribution in [2.24, 2.45) is 7.05 Å². The fourth-order valence-electron chi connectivity index (χ4n) is 0.555. The Kier molecular flexibility index (Phi) is 4.46. The van der Waals surface area contributed by atoms with Gasteiger partial charge < -0.3 is 20.3 Å². The molecule has 0 radical (unpaired) electrons. The van der Waals surface area contributed by atoms with E-state index in [1.165, 1.54) is 4.68 Å². The molecule has 0 amide bonds. The van der Waals surface area contributed by atoms with Crippen molar-refractivity contribution in [2.75, 3.05) is 5.73 Å². The van der Waals surface area contributed by atoms with Crippen LogP contribution in [0.1, 0.15) is 10.4 Å². The zero-order valence-electron chi connectivity index (χ0n) is 6.33.